The first-order valence-corrected chi connectivity index (χ1v) is 6.09. The van der Waals surface area contributed by atoms with E-state index < -0.39 is 5.97 Å². The van der Waals surface area contributed by atoms with E-state index in [1.807, 2.05) is 24.3 Å². The molecule has 2 rings (SSSR count). The van der Waals surface area contributed by atoms with E-state index in [-0.39, 0.29) is 18.6 Å². The number of hydrogen-bond donors (Lipinski definition) is 1. The Morgan fingerprint density at radius 1 is 1.50 bits per heavy atom. The zero-order valence-corrected chi connectivity index (χ0v) is 10.3. The summed E-state index contributed by atoms with van der Waals surface area (Å²) >= 11 is 3.42. The van der Waals surface area contributed by atoms with Crippen molar-refractivity contribution in [3.05, 3.63) is 34.3 Å². The van der Waals surface area contributed by atoms with Gasteiger partial charge in [0.05, 0.1) is 6.10 Å². The van der Waals surface area contributed by atoms with E-state index in [1.165, 1.54) is 0 Å². The number of carboxylic acids is 1. The molecule has 0 saturated carbocycles. The molecular weight excluding hydrogens is 272 g/mol. The molecule has 0 aliphatic carbocycles. The van der Waals surface area contributed by atoms with E-state index in [0.29, 0.717) is 6.42 Å². The summed E-state index contributed by atoms with van der Waals surface area (Å²) < 4.78 is 6.57. The van der Waals surface area contributed by atoms with Crippen molar-refractivity contribution >= 4 is 21.9 Å². The lowest BCUT2D eigenvalue weighted by Gasteiger charge is -1.97. The van der Waals surface area contributed by atoms with Crippen LogP contribution in [0.5, 0.6) is 0 Å². The second kappa shape index (κ2) is 4.97. The highest BCUT2D eigenvalue weighted by atomic mass is 79.9. The smallest absolute Gasteiger partial charge is 0.303 e. The summed E-state index contributed by atoms with van der Waals surface area (Å²) in [7, 11) is 0. The lowest BCUT2D eigenvalue weighted by atomic mass is 10.1. The molecule has 16 heavy (non-hydrogen) atoms. The Labute approximate surface area is 103 Å². The lowest BCUT2D eigenvalue weighted by molar-refractivity contribution is -0.137. The Hall–Kier alpha value is -0.870. The van der Waals surface area contributed by atoms with Crippen LogP contribution in [0, 0.1) is 0 Å². The summed E-state index contributed by atoms with van der Waals surface area (Å²) in [6.45, 7) is 0. The maximum Gasteiger partial charge on any atom is 0.303 e. The molecule has 0 aromatic heterocycles. The van der Waals surface area contributed by atoms with Crippen LogP contribution in [0.4, 0.5) is 0 Å². The molecular formula is C12H13BrO3. The summed E-state index contributed by atoms with van der Waals surface area (Å²) in [5, 5.41) is 8.52. The maximum absolute atomic E-state index is 10.4. The van der Waals surface area contributed by atoms with Gasteiger partial charge in [-0.15, -0.1) is 0 Å². The van der Waals surface area contributed by atoms with E-state index in [2.05, 4.69) is 15.9 Å². The molecule has 3 nitrogen and oxygen atoms in total. The highest BCUT2D eigenvalue weighted by Crippen LogP contribution is 2.42. The molecule has 1 aromatic carbocycles. The van der Waals surface area contributed by atoms with E-state index in [1.54, 1.807) is 0 Å². The second-order valence-corrected chi connectivity index (χ2v) is 4.85. The van der Waals surface area contributed by atoms with Crippen molar-refractivity contribution in [2.24, 2.45) is 0 Å². The standard InChI is InChI=1S/C12H13BrO3/c13-9-4-1-3-8(7-9)12-10(16-12)5-2-6-11(14)15/h1,3-4,7,10,12H,2,5-6H2,(H,14,15). The number of halogens is 1. The molecule has 0 radical (unpaired) electrons. The molecule has 1 N–H and O–H groups in total. The summed E-state index contributed by atoms with van der Waals surface area (Å²) in [5.41, 5.74) is 1.16. The SMILES string of the molecule is O=C(O)CCCC1OC1c1cccc(Br)c1. The fourth-order valence-electron chi connectivity index (χ4n) is 1.79. The monoisotopic (exact) mass is 284 g/mol. The summed E-state index contributed by atoms with van der Waals surface area (Å²) in [6.07, 6.45) is 2.10. The zero-order valence-electron chi connectivity index (χ0n) is 8.73. The van der Waals surface area contributed by atoms with Crippen molar-refractivity contribution in [1.29, 1.82) is 0 Å². The first kappa shape index (κ1) is 11.6. The molecule has 4 heteroatoms. The van der Waals surface area contributed by atoms with Crippen molar-refractivity contribution in [1.82, 2.24) is 0 Å². The average Bonchev–Trinajstić information content (AvgIpc) is 2.97. The molecule has 0 bridgehead atoms. The lowest BCUT2D eigenvalue weighted by Crippen LogP contribution is -1.96. The van der Waals surface area contributed by atoms with Crippen LogP contribution in [-0.4, -0.2) is 17.2 Å². The molecule has 0 spiro atoms. The maximum atomic E-state index is 10.4. The van der Waals surface area contributed by atoms with Crippen LogP contribution in [0.25, 0.3) is 0 Å². The molecule has 1 heterocycles. The molecule has 0 amide bonds. The van der Waals surface area contributed by atoms with Crippen LogP contribution >= 0.6 is 15.9 Å². The van der Waals surface area contributed by atoms with Crippen molar-refractivity contribution in [3.63, 3.8) is 0 Å². The summed E-state index contributed by atoms with van der Waals surface area (Å²) in [5.74, 6) is -0.736. The van der Waals surface area contributed by atoms with E-state index >= 15 is 0 Å². The molecule has 1 aromatic rings. The molecule has 1 fully saturated rings. The number of hydrogen-bond acceptors (Lipinski definition) is 2. The van der Waals surface area contributed by atoms with Gasteiger partial charge in [0.1, 0.15) is 6.10 Å². The number of benzene rings is 1. The number of ether oxygens (including phenoxy) is 1. The van der Waals surface area contributed by atoms with Crippen molar-refractivity contribution in [2.45, 2.75) is 31.5 Å². The average molecular weight is 285 g/mol. The summed E-state index contributed by atoms with van der Waals surface area (Å²) in [6, 6.07) is 8.04. The molecule has 1 saturated heterocycles. The predicted octanol–water partition coefficient (Wildman–Crippen LogP) is 3.14. The van der Waals surface area contributed by atoms with Gasteiger partial charge in [-0.05, 0) is 30.5 Å². The quantitative estimate of drug-likeness (QED) is 0.845. The van der Waals surface area contributed by atoms with Crippen LogP contribution in [0.3, 0.4) is 0 Å². The third-order valence-corrected chi connectivity index (χ3v) is 3.13. The van der Waals surface area contributed by atoms with Crippen LogP contribution in [0.15, 0.2) is 28.7 Å². The highest BCUT2D eigenvalue weighted by Gasteiger charge is 2.39. The van der Waals surface area contributed by atoms with Gasteiger partial charge in [0.15, 0.2) is 0 Å². The number of aliphatic carboxylic acids is 1. The molecule has 2 unspecified atom stereocenters. The van der Waals surface area contributed by atoms with Gasteiger partial charge in [0.2, 0.25) is 0 Å². The van der Waals surface area contributed by atoms with Crippen molar-refractivity contribution < 1.29 is 14.6 Å². The van der Waals surface area contributed by atoms with Crippen molar-refractivity contribution in [2.75, 3.05) is 0 Å². The van der Waals surface area contributed by atoms with Crippen LogP contribution < -0.4 is 0 Å². The minimum absolute atomic E-state index is 0.159. The number of epoxide rings is 1. The van der Waals surface area contributed by atoms with E-state index in [9.17, 15) is 4.79 Å². The van der Waals surface area contributed by atoms with E-state index in [4.69, 9.17) is 9.84 Å². The van der Waals surface area contributed by atoms with Gasteiger partial charge in [-0.3, -0.25) is 4.79 Å². The second-order valence-electron chi connectivity index (χ2n) is 3.94. The number of carboxylic acid groups (broad SMARTS) is 1. The normalized spacial score (nSPS) is 23.1. The van der Waals surface area contributed by atoms with Gasteiger partial charge in [0, 0.05) is 10.9 Å². The minimum atomic E-state index is -0.736. The number of rotatable bonds is 5. The Bertz CT molecular complexity index is 392. The largest absolute Gasteiger partial charge is 0.481 e. The molecule has 1 aliphatic heterocycles. The van der Waals surface area contributed by atoms with Gasteiger partial charge in [0.25, 0.3) is 0 Å². The van der Waals surface area contributed by atoms with Crippen molar-refractivity contribution in [3.8, 4) is 0 Å². The topological polar surface area (TPSA) is 49.8 Å². The molecule has 86 valence electrons. The van der Waals surface area contributed by atoms with Gasteiger partial charge < -0.3 is 9.84 Å². The van der Waals surface area contributed by atoms with Crippen LogP contribution in [0.2, 0.25) is 0 Å². The third kappa shape index (κ3) is 3.06. The zero-order chi connectivity index (χ0) is 11.5. The van der Waals surface area contributed by atoms with Gasteiger partial charge in [-0.25, -0.2) is 0 Å². The van der Waals surface area contributed by atoms with Crippen LogP contribution in [-0.2, 0) is 9.53 Å². The van der Waals surface area contributed by atoms with Gasteiger partial charge >= 0.3 is 5.97 Å². The van der Waals surface area contributed by atoms with Gasteiger partial charge in [-0.1, -0.05) is 28.1 Å². The van der Waals surface area contributed by atoms with Crippen LogP contribution in [0.1, 0.15) is 30.9 Å². The first-order chi connectivity index (χ1) is 7.66. The van der Waals surface area contributed by atoms with Gasteiger partial charge in [-0.2, -0.15) is 0 Å². The Balaban J connectivity index is 1.80. The molecule has 1 aliphatic rings. The first-order valence-electron chi connectivity index (χ1n) is 5.29. The third-order valence-electron chi connectivity index (χ3n) is 2.64. The Kier molecular flexibility index (Phi) is 3.61. The minimum Gasteiger partial charge on any atom is -0.481 e. The number of carbonyl (C=O) groups is 1. The predicted molar refractivity (Wildman–Crippen MR) is 63.2 cm³/mol. The Morgan fingerprint density at radius 2 is 2.31 bits per heavy atom. The Morgan fingerprint density at radius 3 is 3.00 bits per heavy atom. The molecule has 2 atom stereocenters. The van der Waals surface area contributed by atoms with E-state index in [0.717, 1.165) is 16.5 Å². The summed E-state index contributed by atoms with van der Waals surface area (Å²) in [4.78, 5) is 10.4. The fourth-order valence-corrected chi connectivity index (χ4v) is 2.21. The fraction of sp³-hybridized carbons (Fsp3) is 0.417. The highest BCUT2D eigenvalue weighted by molar-refractivity contribution is 9.10.